The maximum atomic E-state index is 10.9. The summed E-state index contributed by atoms with van der Waals surface area (Å²) in [7, 11) is 0. The molecule has 0 heterocycles. The van der Waals surface area contributed by atoms with Crippen LogP contribution in [0.25, 0.3) is 10.8 Å². The van der Waals surface area contributed by atoms with Gasteiger partial charge in [-0.2, -0.15) is 0 Å². The number of hydrogen-bond donors (Lipinski definition) is 1. The van der Waals surface area contributed by atoms with Gasteiger partial charge in [-0.3, -0.25) is 0 Å². The number of likely N-dealkylation sites (N-methyl/N-ethyl adjacent to an activating group) is 1. The molecule has 0 spiro atoms. The third-order valence-corrected chi connectivity index (χ3v) is 3.14. The van der Waals surface area contributed by atoms with E-state index in [9.17, 15) is 4.79 Å². The van der Waals surface area contributed by atoms with Crippen molar-refractivity contribution in [2.45, 2.75) is 13.3 Å². The van der Waals surface area contributed by atoms with Gasteiger partial charge in [0.05, 0.1) is 0 Å². The van der Waals surface area contributed by atoms with Crippen LogP contribution in [0.1, 0.15) is 12.5 Å². The van der Waals surface area contributed by atoms with Crippen LogP contribution in [0.2, 0.25) is 0 Å². The summed E-state index contributed by atoms with van der Waals surface area (Å²) in [6.07, 6.45) is -0.0939. The first-order valence-corrected chi connectivity index (χ1v) is 6.16. The molecule has 0 aliphatic heterocycles. The van der Waals surface area contributed by atoms with E-state index in [2.05, 4.69) is 30.3 Å². The maximum absolute atomic E-state index is 10.9. The van der Waals surface area contributed by atoms with Crippen molar-refractivity contribution >= 4 is 16.9 Å². The molecule has 2 aromatic carbocycles. The van der Waals surface area contributed by atoms with Gasteiger partial charge in [-0.1, -0.05) is 42.5 Å². The zero-order valence-electron chi connectivity index (χ0n) is 10.5. The van der Waals surface area contributed by atoms with E-state index in [1.807, 2.05) is 19.1 Å². The Balaban J connectivity index is 2.10. The van der Waals surface area contributed by atoms with Gasteiger partial charge in [-0.15, -0.1) is 0 Å². The van der Waals surface area contributed by atoms with Crippen molar-refractivity contribution in [2.75, 3.05) is 13.1 Å². The van der Waals surface area contributed by atoms with Gasteiger partial charge in [0.25, 0.3) is 0 Å². The number of amides is 1. The molecule has 94 valence electrons. The highest BCUT2D eigenvalue weighted by Gasteiger charge is 2.08. The van der Waals surface area contributed by atoms with E-state index in [1.54, 1.807) is 0 Å². The van der Waals surface area contributed by atoms with Crippen LogP contribution in [0.4, 0.5) is 4.79 Å². The van der Waals surface area contributed by atoms with E-state index in [4.69, 9.17) is 5.11 Å². The van der Waals surface area contributed by atoms with Crippen LogP contribution in [0.5, 0.6) is 0 Å². The lowest BCUT2D eigenvalue weighted by molar-refractivity contribution is 0.148. The Hall–Kier alpha value is -2.03. The molecular weight excluding hydrogens is 226 g/mol. The normalized spacial score (nSPS) is 10.5. The zero-order chi connectivity index (χ0) is 13.0. The summed E-state index contributed by atoms with van der Waals surface area (Å²) in [5.74, 6) is 0. The third kappa shape index (κ3) is 2.80. The second-order valence-corrected chi connectivity index (χ2v) is 4.29. The molecule has 1 N–H and O–H groups in total. The highest BCUT2D eigenvalue weighted by Crippen LogP contribution is 2.16. The van der Waals surface area contributed by atoms with Gasteiger partial charge in [-0.05, 0) is 29.7 Å². The molecule has 0 aliphatic rings. The predicted octanol–water partition coefficient (Wildman–Crippen LogP) is 3.38. The Morgan fingerprint density at radius 2 is 1.89 bits per heavy atom. The number of nitrogens with zero attached hydrogens (tertiary/aromatic N) is 1. The molecule has 0 saturated heterocycles. The molecule has 18 heavy (non-hydrogen) atoms. The molecule has 0 radical (unpaired) electrons. The van der Waals surface area contributed by atoms with E-state index in [0.717, 1.165) is 6.42 Å². The van der Waals surface area contributed by atoms with E-state index in [-0.39, 0.29) is 0 Å². The quantitative estimate of drug-likeness (QED) is 0.894. The first-order valence-electron chi connectivity index (χ1n) is 6.16. The number of carbonyl (C=O) groups is 1. The van der Waals surface area contributed by atoms with Gasteiger partial charge >= 0.3 is 6.09 Å². The summed E-state index contributed by atoms with van der Waals surface area (Å²) in [5, 5.41) is 11.4. The van der Waals surface area contributed by atoms with Crippen molar-refractivity contribution in [3.05, 3.63) is 48.0 Å². The Bertz CT molecular complexity index is 551. The molecule has 3 heteroatoms. The molecule has 0 bridgehead atoms. The van der Waals surface area contributed by atoms with E-state index >= 15 is 0 Å². The Labute approximate surface area is 107 Å². The fraction of sp³-hybridized carbons (Fsp3) is 0.267. The van der Waals surface area contributed by atoms with Gasteiger partial charge in [0, 0.05) is 13.1 Å². The average Bonchev–Trinajstić information content (AvgIpc) is 2.39. The molecule has 0 atom stereocenters. The smallest absolute Gasteiger partial charge is 0.407 e. The monoisotopic (exact) mass is 243 g/mol. The molecule has 2 rings (SSSR count). The van der Waals surface area contributed by atoms with Crippen LogP contribution in [-0.4, -0.2) is 29.2 Å². The number of carboxylic acid groups (broad SMARTS) is 1. The molecule has 1 amide bonds. The second kappa shape index (κ2) is 5.54. The minimum Gasteiger partial charge on any atom is -0.465 e. The van der Waals surface area contributed by atoms with Crippen molar-refractivity contribution in [3.8, 4) is 0 Å². The van der Waals surface area contributed by atoms with Gasteiger partial charge in [-0.25, -0.2) is 4.79 Å². The molecule has 3 nitrogen and oxygen atoms in total. The second-order valence-electron chi connectivity index (χ2n) is 4.29. The number of rotatable bonds is 4. The lowest BCUT2D eigenvalue weighted by Gasteiger charge is -2.16. The van der Waals surface area contributed by atoms with Crippen LogP contribution in [-0.2, 0) is 6.42 Å². The standard InChI is InChI=1S/C15H17NO2/c1-2-16(15(17)18)10-9-12-7-8-13-5-3-4-6-14(13)11-12/h3-8,11H,2,9-10H2,1H3,(H,17,18). The van der Waals surface area contributed by atoms with Crippen LogP contribution in [0.15, 0.2) is 42.5 Å². The van der Waals surface area contributed by atoms with Crippen molar-refractivity contribution in [2.24, 2.45) is 0 Å². The summed E-state index contributed by atoms with van der Waals surface area (Å²) in [6.45, 7) is 2.93. The number of fused-ring (bicyclic) bond motifs is 1. The minimum absolute atomic E-state index is 0.531. The lowest BCUT2D eigenvalue weighted by atomic mass is 10.1. The molecule has 0 fully saturated rings. The molecule has 0 aromatic heterocycles. The molecule has 0 unspecified atom stereocenters. The van der Waals surface area contributed by atoms with Crippen LogP contribution in [0, 0.1) is 0 Å². The largest absolute Gasteiger partial charge is 0.465 e. The zero-order valence-corrected chi connectivity index (χ0v) is 10.5. The van der Waals surface area contributed by atoms with Gasteiger partial charge in [0.15, 0.2) is 0 Å². The first-order chi connectivity index (χ1) is 8.70. The molecular formula is C15H17NO2. The predicted molar refractivity (Wildman–Crippen MR) is 72.9 cm³/mol. The summed E-state index contributed by atoms with van der Waals surface area (Å²) >= 11 is 0. The number of hydrogen-bond acceptors (Lipinski definition) is 1. The van der Waals surface area contributed by atoms with Crippen molar-refractivity contribution in [3.63, 3.8) is 0 Å². The molecule has 0 aliphatic carbocycles. The SMILES string of the molecule is CCN(CCc1ccc2ccccc2c1)C(=O)O. The topological polar surface area (TPSA) is 40.5 Å². The molecule has 2 aromatic rings. The van der Waals surface area contributed by atoms with Crippen LogP contribution < -0.4 is 0 Å². The summed E-state index contributed by atoms with van der Waals surface area (Å²) in [6, 6.07) is 14.5. The van der Waals surface area contributed by atoms with E-state index in [1.165, 1.54) is 21.2 Å². The van der Waals surface area contributed by atoms with Gasteiger partial charge < -0.3 is 10.0 Å². The van der Waals surface area contributed by atoms with Crippen LogP contribution >= 0.6 is 0 Å². The lowest BCUT2D eigenvalue weighted by Crippen LogP contribution is -2.31. The first kappa shape index (κ1) is 12.4. The summed E-state index contributed by atoms with van der Waals surface area (Å²) < 4.78 is 0. The van der Waals surface area contributed by atoms with Gasteiger partial charge in [0.2, 0.25) is 0 Å². The van der Waals surface area contributed by atoms with Crippen molar-refractivity contribution in [1.29, 1.82) is 0 Å². The fourth-order valence-corrected chi connectivity index (χ4v) is 2.05. The van der Waals surface area contributed by atoms with Gasteiger partial charge in [0.1, 0.15) is 0 Å². The maximum Gasteiger partial charge on any atom is 0.407 e. The summed E-state index contributed by atoms with van der Waals surface area (Å²) in [4.78, 5) is 12.3. The molecule has 0 saturated carbocycles. The highest BCUT2D eigenvalue weighted by atomic mass is 16.4. The highest BCUT2D eigenvalue weighted by molar-refractivity contribution is 5.83. The van der Waals surface area contributed by atoms with Crippen molar-refractivity contribution in [1.82, 2.24) is 4.90 Å². The van der Waals surface area contributed by atoms with E-state index in [0.29, 0.717) is 13.1 Å². The Morgan fingerprint density at radius 1 is 1.17 bits per heavy atom. The summed E-state index contributed by atoms with van der Waals surface area (Å²) in [5.41, 5.74) is 1.17. The average molecular weight is 243 g/mol. The van der Waals surface area contributed by atoms with Crippen LogP contribution in [0.3, 0.4) is 0 Å². The number of benzene rings is 2. The van der Waals surface area contributed by atoms with E-state index < -0.39 is 6.09 Å². The third-order valence-electron chi connectivity index (χ3n) is 3.14. The minimum atomic E-state index is -0.849. The Kier molecular flexibility index (Phi) is 3.82. The fourth-order valence-electron chi connectivity index (χ4n) is 2.05. The van der Waals surface area contributed by atoms with Crippen molar-refractivity contribution < 1.29 is 9.90 Å². The Morgan fingerprint density at radius 3 is 2.56 bits per heavy atom.